The first kappa shape index (κ1) is 12.0. The molecular weight excluding hydrogens is 236 g/mol. The smallest absolute Gasteiger partial charge is 0.226 e. The summed E-state index contributed by atoms with van der Waals surface area (Å²) in [6.07, 6.45) is 4.96. The molecule has 0 aliphatic rings. The van der Waals surface area contributed by atoms with E-state index in [1.165, 1.54) is 0 Å². The molecule has 0 amide bonds. The molecule has 0 saturated carbocycles. The molecule has 0 radical (unpaired) electrons. The molecular formula is C10H16N6S. The fourth-order valence-electron chi connectivity index (χ4n) is 1.50. The third-order valence-corrected chi connectivity index (χ3v) is 3.05. The highest BCUT2D eigenvalue weighted by molar-refractivity contribution is 7.98. The first-order valence-electron chi connectivity index (χ1n) is 5.47. The van der Waals surface area contributed by atoms with Gasteiger partial charge in [-0.25, -0.2) is 0 Å². The molecule has 3 N–H and O–H groups in total. The van der Waals surface area contributed by atoms with Crippen molar-refractivity contribution in [1.29, 1.82) is 0 Å². The quantitative estimate of drug-likeness (QED) is 0.677. The van der Waals surface area contributed by atoms with Gasteiger partial charge in [0, 0.05) is 13.6 Å². The van der Waals surface area contributed by atoms with Crippen molar-refractivity contribution in [3.05, 3.63) is 6.20 Å². The van der Waals surface area contributed by atoms with Gasteiger partial charge in [-0.3, -0.25) is 5.10 Å². The summed E-state index contributed by atoms with van der Waals surface area (Å²) >= 11 is 1.85. The van der Waals surface area contributed by atoms with Gasteiger partial charge in [-0.05, 0) is 18.4 Å². The van der Waals surface area contributed by atoms with Crippen LogP contribution in [0.1, 0.15) is 6.42 Å². The molecule has 2 aromatic rings. The molecule has 2 aromatic heterocycles. The van der Waals surface area contributed by atoms with Crippen LogP contribution in [-0.4, -0.2) is 45.8 Å². The number of thioether (sulfide) groups is 1. The van der Waals surface area contributed by atoms with Gasteiger partial charge in [0.2, 0.25) is 5.95 Å². The van der Waals surface area contributed by atoms with Crippen molar-refractivity contribution in [2.75, 3.05) is 36.2 Å². The molecule has 2 rings (SSSR count). The second-order valence-corrected chi connectivity index (χ2v) is 4.54. The van der Waals surface area contributed by atoms with E-state index in [1.807, 2.05) is 11.8 Å². The lowest BCUT2D eigenvalue weighted by molar-refractivity contribution is 0.982. The lowest BCUT2D eigenvalue weighted by atomic mass is 10.4. The van der Waals surface area contributed by atoms with Crippen LogP contribution in [0.3, 0.4) is 0 Å². The highest BCUT2D eigenvalue weighted by Crippen LogP contribution is 2.19. The number of rotatable bonds is 6. The van der Waals surface area contributed by atoms with E-state index in [2.05, 4.69) is 37.1 Å². The Kier molecular flexibility index (Phi) is 4.03. The number of anilines is 2. The average molecular weight is 252 g/mol. The van der Waals surface area contributed by atoms with Crippen molar-refractivity contribution in [2.24, 2.45) is 0 Å². The van der Waals surface area contributed by atoms with Crippen LogP contribution in [0.15, 0.2) is 6.20 Å². The Labute approximate surface area is 104 Å². The second kappa shape index (κ2) is 5.72. The molecule has 17 heavy (non-hydrogen) atoms. The molecule has 0 saturated heterocycles. The van der Waals surface area contributed by atoms with Gasteiger partial charge < -0.3 is 10.6 Å². The van der Waals surface area contributed by atoms with Gasteiger partial charge in [0.05, 0.1) is 11.6 Å². The number of fused-ring (bicyclic) bond motifs is 1. The van der Waals surface area contributed by atoms with Crippen molar-refractivity contribution in [3.8, 4) is 0 Å². The maximum atomic E-state index is 4.39. The van der Waals surface area contributed by atoms with Crippen LogP contribution < -0.4 is 10.6 Å². The van der Waals surface area contributed by atoms with E-state index in [9.17, 15) is 0 Å². The number of hydrogen-bond acceptors (Lipinski definition) is 6. The first-order valence-corrected chi connectivity index (χ1v) is 6.86. The van der Waals surface area contributed by atoms with E-state index in [4.69, 9.17) is 0 Å². The molecule has 0 atom stereocenters. The lowest BCUT2D eigenvalue weighted by Gasteiger charge is -2.07. The predicted octanol–water partition coefficient (Wildman–Crippen LogP) is 1.56. The second-order valence-electron chi connectivity index (χ2n) is 3.55. The standard InChI is InChI=1S/C10H16N6S/c1-11-10-14-8(12-4-3-5-17-2)7-6-13-16-9(7)15-10/h6H,3-5H2,1-2H3,(H3,11,12,13,14,15,16). The molecule has 0 aliphatic carbocycles. The van der Waals surface area contributed by atoms with E-state index < -0.39 is 0 Å². The van der Waals surface area contributed by atoms with Crippen molar-refractivity contribution in [2.45, 2.75) is 6.42 Å². The third-order valence-electron chi connectivity index (χ3n) is 2.35. The summed E-state index contributed by atoms with van der Waals surface area (Å²) < 4.78 is 0. The first-order chi connectivity index (χ1) is 8.35. The fraction of sp³-hybridized carbons (Fsp3) is 0.500. The topological polar surface area (TPSA) is 78.5 Å². The molecule has 6 nitrogen and oxygen atoms in total. The summed E-state index contributed by atoms with van der Waals surface area (Å²) in [7, 11) is 1.80. The Morgan fingerprint density at radius 3 is 3.06 bits per heavy atom. The van der Waals surface area contributed by atoms with Crippen LogP contribution in [-0.2, 0) is 0 Å². The molecule has 0 aromatic carbocycles. The predicted molar refractivity (Wildman–Crippen MR) is 72.7 cm³/mol. The van der Waals surface area contributed by atoms with Gasteiger partial charge in [-0.1, -0.05) is 0 Å². The van der Waals surface area contributed by atoms with E-state index in [1.54, 1.807) is 13.2 Å². The zero-order valence-electron chi connectivity index (χ0n) is 9.95. The normalized spacial score (nSPS) is 10.7. The Balaban J connectivity index is 2.16. The highest BCUT2D eigenvalue weighted by atomic mass is 32.2. The van der Waals surface area contributed by atoms with Gasteiger partial charge in [-0.15, -0.1) is 0 Å². The Morgan fingerprint density at radius 2 is 2.29 bits per heavy atom. The molecule has 0 fully saturated rings. The van der Waals surface area contributed by atoms with Crippen LogP contribution in [0.4, 0.5) is 11.8 Å². The fourth-order valence-corrected chi connectivity index (χ4v) is 1.94. The minimum atomic E-state index is 0.592. The summed E-state index contributed by atoms with van der Waals surface area (Å²) in [5.41, 5.74) is 0.747. The van der Waals surface area contributed by atoms with Crippen LogP contribution >= 0.6 is 11.8 Å². The van der Waals surface area contributed by atoms with Gasteiger partial charge in [0.25, 0.3) is 0 Å². The maximum absolute atomic E-state index is 4.39. The monoisotopic (exact) mass is 252 g/mol. The number of hydrogen-bond donors (Lipinski definition) is 3. The van der Waals surface area contributed by atoms with Crippen molar-refractivity contribution in [3.63, 3.8) is 0 Å². The molecule has 0 aliphatic heterocycles. The maximum Gasteiger partial charge on any atom is 0.226 e. The number of aromatic amines is 1. The van der Waals surface area contributed by atoms with E-state index >= 15 is 0 Å². The minimum absolute atomic E-state index is 0.592. The zero-order valence-corrected chi connectivity index (χ0v) is 10.8. The summed E-state index contributed by atoms with van der Waals surface area (Å²) in [4.78, 5) is 8.66. The van der Waals surface area contributed by atoms with Crippen molar-refractivity contribution in [1.82, 2.24) is 20.2 Å². The average Bonchev–Trinajstić information content (AvgIpc) is 2.82. The summed E-state index contributed by atoms with van der Waals surface area (Å²) in [6.45, 7) is 0.904. The lowest BCUT2D eigenvalue weighted by Crippen LogP contribution is -2.07. The zero-order chi connectivity index (χ0) is 12.1. The van der Waals surface area contributed by atoms with Crippen LogP contribution in [0, 0.1) is 0 Å². The Morgan fingerprint density at radius 1 is 1.41 bits per heavy atom. The summed E-state index contributed by atoms with van der Waals surface area (Å²) in [5.74, 6) is 2.56. The molecule has 0 unspecified atom stereocenters. The minimum Gasteiger partial charge on any atom is -0.369 e. The molecule has 2 heterocycles. The molecule has 92 valence electrons. The largest absolute Gasteiger partial charge is 0.369 e. The Bertz CT molecular complexity index is 483. The summed E-state index contributed by atoms with van der Waals surface area (Å²) in [5, 5.41) is 14.0. The van der Waals surface area contributed by atoms with Crippen molar-refractivity contribution < 1.29 is 0 Å². The Hall–Kier alpha value is -1.50. The SMILES string of the molecule is CNc1nc(NCCCSC)c2cn[nH]c2n1. The molecule has 7 heteroatoms. The number of nitrogens with zero attached hydrogens (tertiary/aromatic N) is 3. The number of H-pyrrole nitrogens is 1. The van der Waals surface area contributed by atoms with Gasteiger partial charge in [0.1, 0.15) is 5.82 Å². The number of aromatic nitrogens is 4. The van der Waals surface area contributed by atoms with Gasteiger partial charge in [0.15, 0.2) is 5.65 Å². The van der Waals surface area contributed by atoms with E-state index in [0.29, 0.717) is 5.95 Å². The van der Waals surface area contributed by atoms with Gasteiger partial charge >= 0.3 is 0 Å². The van der Waals surface area contributed by atoms with Gasteiger partial charge in [-0.2, -0.15) is 26.8 Å². The number of nitrogens with one attached hydrogen (secondary N) is 3. The van der Waals surface area contributed by atoms with Crippen LogP contribution in [0.25, 0.3) is 11.0 Å². The summed E-state index contributed by atoms with van der Waals surface area (Å²) in [6, 6.07) is 0. The highest BCUT2D eigenvalue weighted by Gasteiger charge is 2.07. The third kappa shape index (κ3) is 2.79. The molecule has 0 spiro atoms. The van der Waals surface area contributed by atoms with Crippen LogP contribution in [0.5, 0.6) is 0 Å². The van der Waals surface area contributed by atoms with E-state index in [0.717, 1.165) is 35.6 Å². The van der Waals surface area contributed by atoms with Crippen LogP contribution in [0.2, 0.25) is 0 Å². The molecule has 0 bridgehead atoms. The van der Waals surface area contributed by atoms with E-state index in [-0.39, 0.29) is 0 Å². The van der Waals surface area contributed by atoms with Crippen molar-refractivity contribution >= 4 is 34.6 Å².